The van der Waals surface area contributed by atoms with Gasteiger partial charge < -0.3 is 5.32 Å². The highest BCUT2D eigenvalue weighted by molar-refractivity contribution is 7.90. The van der Waals surface area contributed by atoms with E-state index < -0.39 is 9.84 Å². The molecule has 0 saturated heterocycles. The number of hydrogen-bond donors (Lipinski definition) is 1. The predicted octanol–water partition coefficient (Wildman–Crippen LogP) is 0.845. The Kier molecular flexibility index (Phi) is 1.84. The quantitative estimate of drug-likeness (QED) is 0.791. The van der Waals surface area contributed by atoms with E-state index in [2.05, 4.69) is 15.3 Å². The highest BCUT2D eigenvalue weighted by atomic mass is 32.2. The minimum absolute atomic E-state index is 0.107. The number of nitrogens with zero attached hydrogens (tertiary/aromatic N) is 2. The van der Waals surface area contributed by atoms with E-state index >= 15 is 0 Å². The monoisotopic (exact) mass is 239 g/mol. The maximum atomic E-state index is 11.3. The number of aromatic nitrogens is 2. The van der Waals surface area contributed by atoms with E-state index in [0.29, 0.717) is 5.82 Å². The van der Waals surface area contributed by atoms with Crippen LogP contribution in [-0.4, -0.2) is 30.2 Å². The number of nitrogens with one attached hydrogen (secondary N) is 1. The molecular weight excluding hydrogens is 226 g/mol. The van der Waals surface area contributed by atoms with Crippen molar-refractivity contribution in [3.8, 4) is 0 Å². The Labute approximate surface area is 94.2 Å². The Morgan fingerprint density at radius 1 is 1.44 bits per heavy atom. The minimum Gasteiger partial charge on any atom is -0.364 e. The Morgan fingerprint density at radius 3 is 2.62 bits per heavy atom. The lowest BCUT2D eigenvalue weighted by atomic mass is 9.50. The lowest BCUT2D eigenvalue weighted by molar-refractivity contribution is 0.00175. The Morgan fingerprint density at radius 2 is 2.12 bits per heavy atom. The molecule has 0 radical (unpaired) electrons. The lowest BCUT2D eigenvalue weighted by Gasteiger charge is -2.62. The van der Waals surface area contributed by atoms with Crippen molar-refractivity contribution in [3.63, 3.8) is 0 Å². The molecule has 3 saturated carbocycles. The van der Waals surface area contributed by atoms with Crippen LogP contribution in [0.3, 0.4) is 0 Å². The number of anilines is 1. The Bertz CT molecular complexity index is 524. The molecule has 3 fully saturated rings. The van der Waals surface area contributed by atoms with Crippen LogP contribution in [-0.2, 0) is 9.84 Å². The Balaban J connectivity index is 1.85. The molecule has 86 valence electrons. The molecule has 2 bridgehead atoms. The maximum absolute atomic E-state index is 11.3. The summed E-state index contributed by atoms with van der Waals surface area (Å²) >= 11 is 0. The number of rotatable bonds is 3. The van der Waals surface area contributed by atoms with E-state index in [1.54, 1.807) is 6.07 Å². The Hall–Kier alpha value is -1.17. The summed E-state index contributed by atoms with van der Waals surface area (Å²) in [6.07, 6.45) is 6.16. The highest BCUT2D eigenvalue weighted by Crippen LogP contribution is 2.58. The molecule has 0 aliphatic heterocycles. The topological polar surface area (TPSA) is 72.0 Å². The molecule has 3 aliphatic carbocycles. The van der Waals surface area contributed by atoms with Crippen LogP contribution < -0.4 is 5.32 Å². The molecule has 5 nitrogen and oxygen atoms in total. The number of sulfone groups is 1. The maximum Gasteiger partial charge on any atom is 0.248 e. The van der Waals surface area contributed by atoms with Crippen LogP contribution in [0.1, 0.15) is 19.3 Å². The average molecular weight is 239 g/mol. The average Bonchev–Trinajstić information content (AvgIpc) is 2.09. The van der Waals surface area contributed by atoms with Gasteiger partial charge in [0.2, 0.25) is 15.0 Å². The summed E-state index contributed by atoms with van der Waals surface area (Å²) in [6.45, 7) is 0. The largest absolute Gasteiger partial charge is 0.364 e. The fraction of sp³-hybridized carbons (Fsp3) is 0.600. The van der Waals surface area contributed by atoms with Crippen LogP contribution in [0.25, 0.3) is 0 Å². The van der Waals surface area contributed by atoms with Crippen molar-refractivity contribution in [2.75, 3.05) is 11.6 Å². The molecule has 1 aromatic heterocycles. The van der Waals surface area contributed by atoms with Gasteiger partial charge in [-0.15, -0.1) is 0 Å². The van der Waals surface area contributed by atoms with E-state index in [4.69, 9.17) is 0 Å². The van der Waals surface area contributed by atoms with Crippen molar-refractivity contribution < 1.29 is 8.42 Å². The van der Waals surface area contributed by atoms with Gasteiger partial charge in [0.1, 0.15) is 5.82 Å². The van der Waals surface area contributed by atoms with Gasteiger partial charge in [-0.1, -0.05) is 0 Å². The molecule has 0 atom stereocenters. The molecule has 0 amide bonds. The normalized spacial score (nSPS) is 31.4. The number of hydrogen-bond acceptors (Lipinski definition) is 5. The van der Waals surface area contributed by atoms with Crippen molar-refractivity contribution in [2.24, 2.45) is 5.92 Å². The standard InChI is InChI=1S/C10H13N3O2S/c1-16(14,15)9-11-3-2-8(12-9)13-10-4-7(5-10)6-10/h2-3,7H,4-6H2,1H3,(H,11,12,13). The summed E-state index contributed by atoms with van der Waals surface area (Å²) < 4.78 is 22.6. The van der Waals surface area contributed by atoms with Crippen LogP contribution >= 0.6 is 0 Å². The smallest absolute Gasteiger partial charge is 0.248 e. The zero-order valence-electron chi connectivity index (χ0n) is 8.97. The molecular formula is C10H13N3O2S. The fourth-order valence-electron chi connectivity index (χ4n) is 2.49. The van der Waals surface area contributed by atoms with Crippen LogP contribution in [0.15, 0.2) is 17.4 Å². The first kappa shape index (κ1) is 10.0. The van der Waals surface area contributed by atoms with Crippen LogP contribution in [0, 0.1) is 5.92 Å². The molecule has 6 heteroatoms. The molecule has 1 N–H and O–H groups in total. The highest BCUT2D eigenvalue weighted by Gasteiger charge is 2.56. The molecule has 1 aromatic rings. The van der Waals surface area contributed by atoms with Gasteiger partial charge in [-0.2, -0.15) is 0 Å². The first-order chi connectivity index (χ1) is 7.47. The molecule has 1 heterocycles. The second kappa shape index (κ2) is 2.94. The van der Waals surface area contributed by atoms with E-state index in [1.165, 1.54) is 25.5 Å². The van der Waals surface area contributed by atoms with Gasteiger partial charge in [0.25, 0.3) is 0 Å². The van der Waals surface area contributed by atoms with Crippen molar-refractivity contribution >= 4 is 15.7 Å². The first-order valence-electron chi connectivity index (χ1n) is 5.28. The zero-order valence-corrected chi connectivity index (χ0v) is 9.79. The van der Waals surface area contributed by atoms with Crippen LogP contribution in [0.2, 0.25) is 0 Å². The predicted molar refractivity (Wildman–Crippen MR) is 58.8 cm³/mol. The summed E-state index contributed by atoms with van der Waals surface area (Å²) in [5.74, 6) is 1.50. The van der Waals surface area contributed by atoms with E-state index in [-0.39, 0.29) is 10.7 Å². The molecule has 0 aromatic carbocycles. The van der Waals surface area contributed by atoms with E-state index in [1.807, 2.05) is 0 Å². The van der Waals surface area contributed by atoms with Gasteiger partial charge in [-0.25, -0.2) is 18.4 Å². The third-order valence-corrected chi connectivity index (χ3v) is 4.26. The third-order valence-electron chi connectivity index (χ3n) is 3.40. The minimum atomic E-state index is -3.32. The molecule has 4 rings (SSSR count). The molecule has 0 spiro atoms. The molecule has 16 heavy (non-hydrogen) atoms. The van der Waals surface area contributed by atoms with Gasteiger partial charge in [0, 0.05) is 18.0 Å². The van der Waals surface area contributed by atoms with E-state index in [0.717, 1.165) is 12.2 Å². The SMILES string of the molecule is CS(=O)(=O)c1nccc(NC23CC(C2)C3)n1. The molecule has 3 aliphatic rings. The first-order valence-corrected chi connectivity index (χ1v) is 7.17. The summed E-state index contributed by atoms with van der Waals surface area (Å²) in [5.41, 5.74) is 0.202. The fourth-order valence-corrected chi connectivity index (χ4v) is 3.01. The second-order valence-corrected chi connectivity index (χ2v) is 6.79. The third kappa shape index (κ3) is 1.48. The molecule has 0 unspecified atom stereocenters. The van der Waals surface area contributed by atoms with Gasteiger partial charge in [0.15, 0.2) is 0 Å². The lowest BCUT2D eigenvalue weighted by Crippen LogP contribution is -2.63. The van der Waals surface area contributed by atoms with Crippen LogP contribution in [0.4, 0.5) is 5.82 Å². The second-order valence-electron chi connectivity index (χ2n) is 4.88. The summed E-state index contributed by atoms with van der Waals surface area (Å²) in [4.78, 5) is 7.78. The van der Waals surface area contributed by atoms with Crippen molar-refractivity contribution in [1.82, 2.24) is 9.97 Å². The van der Waals surface area contributed by atoms with Gasteiger partial charge in [0.05, 0.1) is 0 Å². The van der Waals surface area contributed by atoms with E-state index in [9.17, 15) is 8.42 Å². The van der Waals surface area contributed by atoms with Gasteiger partial charge >= 0.3 is 0 Å². The summed E-state index contributed by atoms with van der Waals surface area (Å²) in [6, 6.07) is 1.72. The van der Waals surface area contributed by atoms with Crippen molar-refractivity contribution in [1.29, 1.82) is 0 Å². The van der Waals surface area contributed by atoms with Crippen molar-refractivity contribution in [3.05, 3.63) is 12.3 Å². The zero-order chi connectivity index (χ0) is 11.4. The summed E-state index contributed by atoms with van der Waals surface area (Å²) in [5, 5.41) is 3.21. The van der Waals surface area contributed by atoms with Crippen LogP contribution in [0.5, 0.6) is 0 Å². The van der Waals surface area contributed by atoms with Crippen molar-refractivity contribution in [2.45, 2.75) is 30.0 Å². The van der Waals surface area contributed by atoms with Gasteiger partial charge in [-0.05, 0) is 31.2 Å². The summed E-state index contributed by atoms with van der Waals surface area (Å²) in [7, 11) is -3.32. The van der Waals surface area contributed by atoms with Gasteiger partial charge in [-0.3, -0.25) is 0 Å².